The van der Waals surface area contributed by atoms with E-state index >= 15 is 0 Å². The fraction of sp³-hybridized carbons (Fsp3) is 0.667. The average molecular weight is 559 g/mol. The Hall–Kier alpha value is -2.72. The molecule has 11 heteroatoms. The predicted molar refractivity (Wildman–Crippen MR) is 138 cm³/mol. The quantitative estimate of drug-likeness (QED) is 0.129. The number of carbonyl (C=O) groups excluding carboxylic acids is 5. The van der Waals surface area contributed by atoms with Crippen molar-refractivity contribution >= 4 is 41.3 Å². The molecule has 38 heavy (non-hydrogen) atoms. The van der Waals surface area contributed by atoms with Gasteiger partial charge in [0.05, 0.1) is 18.1 Å². The van der Waals surface area contributed by atoms with Gasteiger partial charge in [-0.05, 0) is 38.2 Å². The first kappa shape index (κ1) is 33.3. The van der Waals surface area contributed by atoms with Crippen LogP contribution in [0.25, 0.3) is 0 Å². The first-order chi connectivity index (χ1) is 17.9. The topological polar surface area (TPSA) is 142 Å². The highest BCUT2D eigenvalue weighted by molar-refractivity contribution is 6.44. The minimum Gasteiger partial charge on any atom is -0.469 e. The molecule has 1 rings (SSSR count). The van der Waals surface area contributed by atoms with Gasteiger partial charge in [-0.1, -0.05) is 43.5 Å². The van der Waals surface area contributed by atoms with Gasteiger partial charge in [0.2, 0.25) is 0 Å². The summed E-state index contributed by atoms with van der Waals surface area (Å²) in [7, 11) is 1.23. The van der Waals surface area contributed by atoms with Crippen LogP contribution in [0.4, 0.5) is 0 Å². The van der Waals surface area contributed by atoms with Crippen molar-refractivity contribution in [2.75, 3.05) is 7.11 Å². The van der Waals surface area contributed by atoms with Gasteiger partial charge >= 0.3 is 23.9 Å². The second-order valence-electron chi connectivity index (χ2n) is 9.26. The Bertz CT molecular complexity index is 912. The Labute approximate surface area is 228 Å². The minimum atomic E-state index is -1.87. The first-order valence-corrected chi connectivity index (χ1v) is 13.1. The maximum absolute atomic E-state index is 13.2. The van der Waals surface area contributed by atoms with Crippen molar-refractivity contribution in [1.29, 1.82) is 0 Å². The van der Waals surface area contributed by atoms with Crippen molar-refractivity contribution < 1.29 is 48.0 Å². The van der Waals surface area contributed by atoms with E-state index < -0.39 is 59.5 Å². The Kier molecular flexibility index (Phi) is 14.3. The molecule has 5 atom stereocenters. The van der Waals surface area contributed by atoms with Crippen molar-refractivity contribution in [3.63, 3.8) is 0 Å². The normalized spacial score (nSPS) is 21.4. The van der Waals surface area contributed by atoms with Crippen LogP contribution >= 0.6 is 11.6 Å². The molecule has 0 spiro atoms. The van der Waals surface area contributed by atoms with Gasteiger partial charge < -0.3 is 24.1 Å². The van der Waals surface area contributed by atoms with Crippen molar-refractivity contribution in [3.8, 4) is 0 Å². The number of hydrogen-bond acceptors (Lipinski definition) is 10. The van der Waals surface area contributed by atoms with Crippen LogP contribution in [0.2, 0.25) is 0 Å². The number of rotatable bonds is 16. The van der Waals surface area contributed by atoms with Crippen LogP contribution in [0, 0.1) is 5.92 Å². The van der Waals surface area contributed by atoms with Crippen molar-refractivity contribution in [2.45, 2.75) is 103 Å². The molecular weight excluding hydrogens is 520 g/mol. The summed E-state index contributed by atoms with van der Waals surface area (Å²) < 4.78 is 21.0. The number of aliphatic hydroxyl groups is 1. The third-order valence-corrected chi connectivity index (χ3v) is 6.35. The molecule has 10 nitrogen and oxygen atoms in total. The van der Waals surface area contributed by atoms with Crippen LogP contribution in [0.1, 0.15) is 79.1 Å². The molecule has 0 radical (unpaired) electrons. The van der Waals surface area contributed by atoms with Crippen molar-refractivity contribution in [2.24, 2.45) is 5.92 Å². The number of carbonyl (C=O) groups is 5. The molecular formula is C27H39ClO10. The third-order valence-electron chi connectivity index (χ3n) is 6.06. The van der Waals surface area contributed by atoms with E-state index in [0.717, 1.165) is 46.5 Å². The van der Waals surface area contributed by atoms with E-state index in [1.54, 1.807) is 6.08 Å². The van der Waals surface area contributed by atoms with Crippen molar-refractivity contribution in [3.05, 3.63) is 23.3 Å². The van der Waals surface area contributed by atoms with Gasteiger partial charge in [0.15, 0.2) is 18.0 Å². The second-order valence-corrected chi connectivity index (χ2v) is 9.67. The molecule has 0 heterocycles. The lowest BCUT2D eigenvalue weighted by Crippen LogP contribution is -2.55. The average Bonchev–Trinajstić information content (AvgIpc) is 3.05. The molecule has 0 bridgehead atoms. The van der Waals surface area contributed by atoms with E-state index in [-0.39, 0.29) is 30.7 Å². The second kappa shape index (κ2) is 16.3. The Balaban J connectivity index is 3.44. The van der Waals surface area contributed by atoms with E-state index in [1.807, 2.05) is 6.08 Å². The molecule has 0 saturated heterocycles. The molecule has 214 valence electrons. The maximum atomic E-state index is 13.2. The highest BCUT2D eigenvalue weighted by Gasteiger charge is 2.56. The molecule has 1 aliphatic rings. The van der Waals surface area contributed by atoms with Crippen LogP contribution in [-0.4, -0.2) is 65.8 Å². The number of esters is 4. The maximum Gasteiger partial charge on any atom is 0.305 e. The molecule has 0 aliphatic heterocycles. The fourth-order valence-corrected chi connectivity index (χ4v) is 4.70. The monoisotopic (exact) mass is 558 g/mol. The standard InChI is InChI=1S/C27H39ClO10/c1-6-7-8-9-10-11-15-27(34)16-20(28)24(33)23(27)26(38-19(4)31)25(37-18(3)30)21(36-17(2)29)13-12-14-22(32)35-5/h10-11,16,21,23,25-26,34H,6-9,12-15H2,1-5H3. The van der Waals surface area contributed by atoms with E-state index in [4.69, 9.17) is 25.8 Å². The number of methoxy groups -OCH3 is 1. The highest BCUT2D eigenvalue weighted by Crippen LogP contribution is 2.41. The molecule has 0 fully saturated rings. The summed E-state index contributed by atoms with van der Waals surface area (Å²) in [6, 6.07) is 0. The molecule has 5 unspecified atom stereocenters. The van der Waals surface area contributed by atoms with E-state index in [1.165, 1.54) is 13.2 Å². The summed E-state index contributed by atoms with van der Waals surface area (Å²) in [4.78, 5) is 61.0. The van der Waals surface area contributed by atoms with Gasteiger partial charge in [-0.2, -0.15) is 0 Å². The van der Waals surface area contributed by atoms with Crippen LogP contribution in [0.5, 0.6) is 0 Å². The summed E-state index contributed by atoms with van der Waals surface area (Å²) in [5, 5.41) is 11.3. The smallest absolute Gasteiger partial charge is 0.305 e. The van der Waals surface area contributed by atoms with E-state index in [9.17, 15) is 29.1 Å². The summed E-state index contributed by atoms with van der Waals surface area (Å²) in [5.41, 5.74) is -1.87. The third kappa shape index (κ3) is 10.6. The SMILES string of the molecule is CCCCCC=CCC1(O)C=C(Cl)C(=O)C1C(OC(C)=O)C(OC(C)=O)C(CCCC(=O)OC)OC(C)=O. The lowest BCUT2D eigenvalue weighted by molar-refractivity contribution is -0.194. The number of Topliss-reactive ketones (excluding diaryl/α,β-unsaturated/α-hetero) is 1. The molecule has 0 aromatic rings. The van der Waals surface area contributed by atoms with Crippen LogP contribution < -0.4 is 0 Å². The zero-order valence-corrected chi connectivity index (χ0v) is 23.5. The van der Waals surface area contributed by atoms with E-state index in [2.05, 4.69) is 11.7 Å². The first-order valence-electron chi connectivity index (χ1n) is 12.7. The summed E-state index contributed by atoms with van der Waals surface area (Å²) in [6.07, 6.45) is 4.48. The zero-order valence-electron chi connectivity index (χ0n) is 22.7. The van der Waals surface area contributed by atoms with Gasteiger partial charge in [0.25, 0.3) is 0 Å². The van der Waals surface area contributed by atoms with Gasteiger partial charge in [0, 0.05) is 27.2 Å². The minimum absolute atomic E-state index is 0.00220. The molecule has 0 aromatic carbocycles. The van der Waals surface area contributed by atoms with Crippen LogP contribution in [0.3, 0.4) is 0 Å². The lowest BCUT2D eigenvalue weighted by Gasteiger charge is -2.39. The number of hydrogen-bond donors (Lipinski definition) is 1. The van der Waals surface area contributed by atoms with Gasteiger partial charge in [-0.3, -0.25) is 24.0 Å². The number of unbranched alkanes of at least 4 members (excludes halogenated alkanes) is 3. The Morgan fingerprint density at radius 3 is 2.21 bits per heavy atom. The molecule has 1 aliphatic carbocycles. The van der Waals surface area contributed by atoms with E-state index in [0.29, 0.717) is 0 Å². The Morgan fingerprint density at radius 2 is 1.66 bits per heavy atom. The van der Waals surface area contributed by atoms with Gasteiger partial charge in [-0.25, -0.2) is 0 Å². The highest BCUT2D eigenvalue weighted by atomic mass is 35.5. The Morgan fingerprint density at radius 1 is 1.03 bits per heavy atom. The fourth-order valence-electron chi connectivity index (χ4n) is 4.39. The molecule has 0 saturated carbocycles. The molecule has 0 aromatic heterocycles. The predicted octanol–water partition coefficient (Wildman–Crippen LogP) is 3.70. The number of ether oxygens (including phenoxy) is 4. The number of halogens is 1. The van der Waals surface area contributed by atoms with Crippen LogP contribution in [-0.2, 0) is 42.9 Å². The van der Waals surface area contributed by atoms with Crippen molar-refractivity contribution in [1.82, 2.24) is 0 Å². The summed E-state index contributed by atoms with van der Waals surface area (Å²) >= 11 is 6.15. The zero-order chi connectivity index (χ0) is 28.9. The largest absolute Gasteiger partial charge is 0.469 e. The summed E-state index contributed by atoms with van der Waals surface area (Å²) in [5.74, 6) is -5.03. The summed E-state index contributed by atoms with van der Waals surface area (Å²) in [6.45, 7) is 5.42. The molecule has 1 N–H and O–H groups in total. The van der Waals surface area contributed by atoms with Gasteiger partial charge in [0.1, 0.15) is 11.7 Å². The number of ketones is 1. The lowest BCUT2D eigenvalue weighted by atomic mass is 9.79. The number of allylic oxidation sites excluding steroid dienone is 2. The molecule has 0 amide bonds. The van der Waals surface area contributed by atoms with Crippen LogP contribution in [0.15, 0.2) is 23.3 Å². The van der Waals surface area contributed by atoms with Gasteiger partial charge in [-0.15, -0.1) is 0 Å².